The number of aromatic nitrogens is 4. The Kier molecular flexibility index (Phi) is 4.45. The topological polar surface area (TPSA) is 58.9 Å². The molecule has 1 atom stereocenters. The molecule has 114 valence electrons. The van der Waals surface area contributed by atoms with Crippen LogP contribution in [0.3, 0.4) is 0 Å². The molecule has 7 heteroatoms. The highest BCUT2D eigenvalue weighted by atomic mass is 32.1. The summed E-state index contributed by atoms with van der Waals surface area (Å²) < 4.78 is 1.69. The first-order valence-electron chi connectivity index (χ1n) is 6.98. The minimum Gasteiger partial charge on any atom is -0.367 e. The quantitative estimate of drug-likeness (QED) is 0.757. The van der Waals surface area contributed by atoms with Crippen molar-refractivity contribution >= 4 is 17.2 Å². The second-order valence-electron chi connectivity index (χ2n) is 5.13. The van der Waals surface area contributed by atoms with Crippen molar-refractivity contribution < 1.29 is 0 Å². The maximum absolute atomic E-state index is 4.54. The lowest BCUT2D eigenvalue weighted by Crippen LogP contribution is -2.26. The number of nitrogens with zero attached hydrogens (tertiary/aromatic N) is 5. The summed E-state index contributed by atoms with van der Waals surface area (Å²) >= 11 is 1.71. The van der Waals surface area contributed by atoms with E-state index in [2.05, 4.69) is 56.2 Å². The van der Waals surface area contributed by atoms with Crippen molar-refractivity contribution in [2.45, 2.75) is 6.04 Å². The highest BCUT2D eigenvalue weighted by Crippen LogP contribution is 2.21. The van der Waals surface area contributed by atoms with Gasteiger partial charge in [0.05, 0.1) is 18.4 Å². The molecule has 0 aliphatic heterocycles. The molecule has 0 saturated carbocycles. The molecule has 0 amide bonds. The normalized spacial score (nSPS) is 12.5. The molecule has 0 spiro atoms. The van der Waals surface area contributed by atoms with Gasteiger partial charge in [0.1, 0.15) is 5.82 Å². The molecule has 0 aliphatic rings. The highest BCUT2D eigenvalue weighted by Gasteiger charge is 2.14. The van der Waals surface area contributed by atoms with Crippen LogP contribution >= 0.6 is 11.3 Å². The number of hydrogen-bond donors (Lipinski definition) is 1. The Morgan fingerprint density at radius 3 is 2.95 bits per heavy atom. The first-order chi connectivity index (χ1) is 10.7. The molecule has 0 bridgehead atoms. The molecular weight excluding hydrogens is 296 g/mol. The highest BCUT2D eigenvalue weighted by molar-refractivity contribution is 7.07. The standard InChI is InChI=1S/C15H18N6S/c1-20(2)13(12-4-7-22-11-12)8-17-14-9-16-10-15(19-14)21-6-3-5-18-21/h3-7,9-11,13H,8H2,1-2H3,(H,17,19). The van der Waals surface area contributed by atoms with Gasteiger partial charge >= 0.3 is 0 Å². The van der Waals surface area contributed by atoms with Crippen LogP contribution < -0.4 is 5.32 Å². The summed E-state index contributed by atoms with van der Waals surface area (Å²) in [6, 6.07) is 4.31. The van der Waals surface area contributed by atoms with Crippen molar-refractivity contribution in [3.8, 4) is 5.82 Å². The van der Waals surface area contributed by atoms with E-state index in [0.717, 1.165) is 12.4 Å². The number of hydrogen-bond acceptors (Lipinski definition) is 6. The van der Waals surface area contributed by atoms with Crippen LogP contribution in [0.15, 0.2) is 47.7 Å². The van der Waals surface area contributed by atoms with Gasteiger partial charge in [-0.1, -0.05) is 0 Å². The van der Waals surface area contributed by atoms with Crippen molar-refractivity contribution in [3.63, 3.8) is 0 Å². The number of nitrogens with one attached hydrogen (secondary N) is 1. The van der Waals surface area contributed by atoms with Crippen LogP contribution in [0.1, 0.15) is 11.6 Å². The molecule has 1 N–H and O–H groups in total. The molecule has 0 aliphatic carbocycles. The van der Waals surface area contributed by atoms with Crippen LogP contribution in [0.25, 0.3) is 5.82 Å². The van der Waals surface area contributed by atoms with Gasteiger partial charge < -0.3 is 10.2 Å². The smallest absolute Gasteiger partial charge is 0.173 e. The minimum absolute atomic E-state index is 0.293. The van der Waals surface area contributed by atoms with E-state index < -0.39 is 0 Å². The summed E-state index contributed by atoms with van der Waals surface area (Å²) in [6.45, 7) is 0.765. The van der Waals surface area contributed by atoms with Crippen LogP contribution in [0.5, 0.6) is 0 Å². The average Bonchev–Trinajstić information content (AvgIpc) is 3.21. The fraction of sp³-hybridized carbons (Fsp3) is 0.267. The van der Waals surface area contributed by atoms with Crippen LogP contribution in [0.2, 0.25) is 0 Å². The Labute approximate surface area is 133 Å². The summed E-state index contributed by atoms with van der Waals surface area (Å²) in [6.07, 6.45) is 7.00. The monoisotopic (exact) mass is 314 g/mol. The summed E-state index contributed by atoms with van der Waals surface area (Å²) in [7, 11) is 4.16. The van der Waals surface area contributed by atoms with E-state index in [0.29, 0.717) is 11.9 Å². The van der Waals surface area contributed by atoms with Crippen LogP contribution in [-0.2, 0) is 0 Å². The van der Waals surface area contributed by atoms with Gasteiger partial charge in [-0.05, 0) is 42.6 Å². The van der Waals surface area contributed by atoms with Gasteiger partial charge in [-0.3, -0.25) is 4.98 Å². The number of anilines is 1. The molecular formula is C15H18N6S. The summed E-state index contributed by atoms with van der Waals surface area (Å²) in [5.41, 5.74) is 1.30. The Bertz CT molecular complexity index is 693. The third kappa shape index (κ3) is 3.32. The van der Waals surface area contributed by atoms with Crippen LogP contribution in [0, 0.1) is 0 Å². The third-order valence-corrected chi connectivity index (χ3v) is 4.09. The zero-order valence-corrected chi connectivity index (χ0v) is 13.4. The molecule has 1 unspecified atom stereocenters. The van der Waals surface area contributed by atoms with E-state index in [1.165, 1.54) is 5.56 Å². The van der Waals surface area contributed by atoms with E-state index in [9.17, 15) is 0 Å². The lowest BCUT2D eigenvalue weighted by molar-refractivity contribution is 0.312. The van der Waals surface area contributed by atoms with Gasteiger partial charge in [-0.25, -0.2) is 9.67 Å². The second-order valence-corrected chi connectivity index (χ2v) is 5.91. The predicted octanol–water partition coefficient (Wildman–Crippen LogP) is 2.44. The predicted molar refractivity (Wildman–Crippen MR) is 88.4 cm³/mol. The molecule has 6 nitrogen and oxygen atoms in total. The molecule has 0 aromatic carbocycles. The summed E-state index contributed by atoms with van der Waals surface area (Å²) in [5, 5.41) is 11.8. The van der Waals surface area contributed by atoms with Crippen LogP contribution in [-0.4, -0.2) is 45.3 Å². The molecule has 3 aromatic rings. The van der Waals surface area contributed by atoms with E-state index in [-0.39, 0.29) is 0 Å². The third-order valence-electron chi connectivity index (χ3n) is 3.39. The molecule has 3 rings (SSSR count). The van der Waals surface area contributed by atoms with Crippen molar-refractivity contribution in [2.75, 3.05) is 26.0 Å². The maximum Gasteiger partial charge on any atom is 0.173 e. The molecule has 22 heavy (non-hydrogen) atoms. The van der Waals surface area contributed by atoms with Gasteiger partial charge in [-0.2, -0.15) is 16.4 Å². The van der Waals surface area contributed by atoms with Crippen molar-refractivity contribution in [1.82, 2.24) is 24.6 Å². The number of likely N-dealkylation sites (N-methyl/N-ethyl adjacent to an activating group) is 1. The summed E-state index contributed by atoms with van der Waals surface area (Å²) in [5.74, 6) is 1.45. The SMILES string of the molecule is CN(C)C(CNc1cncc(-n2cccn2)n1)c1ccsc1. The molecule has 3 aromatic heterocycles. The summed E-state index contributed by atoms with van der Waals surface area (Å²) in [4.78, 5) is 11.0. The lowest BCUT2D eigenvalue weighted by atomic mass is 10.1. The zero-order chi connectivity index (χ0) is 15.4. The Balaban J connectivity index is 1.72. The first-order valence-corrected chi connectivity index (χ1v) is 7.93. The van der Waals surface area contributed by atoms with Crippen LogP contribution in [0.4, 0.5) is 5.82 Å². The van der Waals surface area contributed by atoms with Crippen molar-refractivity contribution in [2.24, 2.45) is 0 Å². The first kappa shape index (κ1) is 14.7. The fourth-order valence-corrected chi connectivity index (χ4v) is 2.93. The van der Waals surface area contributed by atoms with E-state index >= 15 is 0 Å². The largest absolute Gasteiger partial charge is 0.367 e. The Morgan fingerprint density at radius 1 is 1.36 bits per heavy atom. The molecule has 3 heterocycles. The van der Waals surface area contributed by atoms with E-state index in [4.69, 9.17) is 0 Å². The zero-order valence-electron chi connectivity index (χ0n) is 12.5. The maximum atomic E-state index is 4.54. The van der Waals surface area contributed by atoms with Crippen molar-refractivity contribution in [1.29, 1.82) is 0 Å². The molecule has 0 radical (unpaired) electrons. The lowest BCUT2D eigenvalue weighted by Gasteiger charge is -2.24. The number of rotatable bonds is 6. The Hall–Kier alpha value is -2.25. The van der Waals surface area contributed by atoms with Crippen molar-refractivity contribution in [3.05, 3.63) is 53.2 Å². The number of thiophene rings is 1. The molecule has 0 fully saturated rings. The van der Waals surface area contributed by atoms with E-state index in [1.807, 2.05) is 12.3 Å². The second kappa shape index (κ2) is 6.67. The van der Waals surface area contributed by atoms with Gasteiger partial charge in [-0.15, -0.1) is 0 Å². The fourth-order valence-electron chi connectivity index (χ4n) is 2.22. The average molecular weight is 314 g/mol. The van der Waals surface area contributed by atoms with Gasteiger partial charge in [0.2, 0.25) is 0 Å². The van der Waals surface area contributed by atoms with Gasteiger partial charge in [0.25, 0.3) is 0 Å². The van der Waals surface area contributed by atoms with E-state index in [1.54, 1.807) is 34.6 Å². The molecule has 0 saturated heterocycles. The van der Waals surface area contributed by atoms with Gasteiger partial charge in [0, 0.05) is 18.9 Å². The Morgan fingerprint density at radius 2 is 2.27 bits per heavy atom. The van der Waals surface area contributed by atoms with Gasteiger partial charge in [0.15, 0.2) is 5.82 Å². The minimum atomic E-state index is 0.293.